The zero-order valence-corrected chi connectivity index (χ0v) is 7.81. The molecule has 1 heterocycles. The van der Waals surface area contributed by atoms with Crippen molar-refractivity contribution in [1.29, 1.82) is 0 Å². The van der Waals surface area contributed by atoms with Gasteiger partial charge in [-0.05, 0) is 25.2 Å². The van der Waals surface area contributed by atoms with Crippen LogP contribution < -0.4 is 0 Å². The van der Waals surface area contributed by atoms with E-state index in [4.69, 9.17) is 4.74 Å². The summed E-state index contributed by atoms with van der Waals surface area (Å²) >= 11 is 0. The standard InChI is InChI=1S/C10H20O/c1-3-4-7-10-9(2)6-5-8-11-10/h9-10H,3-8H2,1-2H3. The van der Waals surface area contributed by atoms with Crippen molar-refractivity contribution in [2.75, 3.05) is 6.61 Å². The molecule has 1 saturated heterocycles. The molecule has 1 heteroatoms. The SMILES string of the molecule is CCCCC1OCCCC1C. The lowest BCUT2D eigenvalue weighted by molar-refractivity contribution is -0.0256. The van der Waals surface area contributed by atoms with Crippen molar-refractivity contribution in [2.45, 2.75) is 52.1 Å². The van der Waals surface area contributed by atoms with E-state index in [1.54, 1.807) is 0 Å². The van der Waals surface area contributed by atoms with Crippen molar-refractivity contribution in [1.82, 2.24) is 0 Å². The van der Waals surface area contributed by atoms with Gasteiger partial charge in [-0.1, -0.05) is 26.7 Å². The molecule has 0 aliphatic carbocycles. The number of hydrogen-bond donors (Lipinski definition) is 0. The summed E-state index contributed by atoms with van der Waals surface area (Å²) in [6.45, 7) is 5.56. The highest BCUT2D eigenvalue weighted by Crippen LogP contribution is 2.23. The van der Waals surface area contributed by atoms with Gasteiger partial charge >= 0.3 is 0 Å². The van der Waals surface area contributed by atoms with E-state index < -0.39 is 0 Å². The van der Waals surface area contributed by atoms with Gasteiger partial charge < -0.3 is 4.74 Å². The molecule has 11 heavy (non-hydrogen) atoms. The van der Waals surface area contributed by atoms with Crippen LogP contribution in [0.3, 0.4) is 0 Å². The predicted molar refractivity (Wildman–Crippen MR) is 47.7 cm³/mol. The van der Waals surface area contributed by atoms with E-state index in [1.165, 1.54) is 32.1 Å². The van der Waals surface area contributed by atoms with E-state index in [9.17, 15) is 0 Å². The fourth-order valence-corrected chi connectivity index (χ4v) is 1.76. The molecule has 0 radical (unpaired) electrons. The Kier molecular flexibility index (Phi) is 3.92. The van der Waals surface area contributed by atoms with E-state index in [2.05, 4.69) is 13.8 Å². The van der Waals surface area contributed by atoms with Crippen LogP contribution in [-0.4, -0.2) is 12.7 Å². The fraction of sp³-hybridized carbons (Fsp3) is 1.00. The summed E-state index contributed by atoms with van der Waals surface area (Å²) in [6.07, 6.45) is 7.11. The molecule has 1 aliphatic heterocycles. The number of rotatable bonds is 3. The molecule has 1 aliphatic rings. The van der Waals surface area contributed by atoms with Gasteiger partial charge in [-0.15, -0.1) is 0 Å². The highest BCUT2D eigenvalue weighted by molar-refractivity contribution is 4.70. The lowest BCUT2D eigenvalue weighted by atomic mass is 9.93. The van der Waals surface area contributed by atoms with Gasteiger partial charge in [-0.25, -0.2) is 0 Å². The van der Waals surface area contributed by atoms with Gasteiger partial charge in [0.1, 0.15) is 0 Å². The Labute approximate surface area is 70.1 Å². The first-order valence-corrected chi connectivity index (χ1v) is 4.96. The minimum Gasteiger partial charge on any atom is -0.378 e. The Morgan fingerprint density at radius 3 is 2.91 bits per heavy atom. The van der Waals surface area contributed by atoms with Crippen LogP contribution >= 0.6 is 0 Å². The highest BCUT2D eigenvalue weighted by atomic mass is 16.5. The molecule has 0 spiro atoms. The Hall–Kier alpha value is -0.0400. The van der Waals surface area contributed by atoms with Crippen LogP contribution in [0.4, 0.5) is 0 Å². The van der Waals surface area contributed by atoms with Crippen LogP contribution in [-0.2, 0) is 4.74 Å². The van der Waals surface area contributed by atoms with Crippen LogP contribution in [0.5, 0.6) is 0 Å². The molecule has 2 unspecified atom stereocenters. The normalized spacial score (nSPS) is 32.2. The molecular weight excluding hydrogens is 136 g/mol. The fourth-order valence-electron chi connectivity index (χ4n) is 1.76. The van der Waals surface area contributed by atoms with Crippen molar-refractivity contribution < 1.29 is 4.74 Å². The summed E-state index contributed by atoms with van der Waals surface area (Å²) in [5, 5.41) is 0. The zero-order valence-electron chi connectivity index (χ0n) is 7.81. The summed E-state index contributed by atoms with van der Waals surface area (Å²) in [5.74, 6) is 0.801. The maximum Gasteiger partial charge on any atom is 0.0600 e. The number of hydrogen-bond acceptors (Lipinski definition) is 1. The van der Waals surface area contributed by atoms with Crippen LogP contribution in [0.15, 0.2) is 0 Å². The van der Waals surface area contributed by atoms with E-state index >= 15 is 0 Å². The lowest BCUT2D eigenvalue weighted by Gasteiger charge is -2.28. The summed E-state index contributed by atoms with van der Waals surface area (Å²) < 4.78 is 5.69. The lowest BCUT2D eigenvalue weighted by Crippen LogP contribution is -2.27. The van der Waals surface area contributed by atoms with Crippen molar-refractivity contribution in [3.8, 4) is 0 Å². The third-order valence-corrected chi connectivity index (χ3v) is 2.61. The second-order valence-electron chi connectivity index (χ2n) is 3.67. The predicted octanol–water partition coefficient (Wildman–Crippen LogP) is 2.99. The summed E-state index contributed by atoms with van der Waals surface area (Å²) in [5.41, 5.74) is 0. The van der Waals surface area contributed by atoms with Gasteiger partial charge in [-0.3, -0.25) is 0 Å². The van der Waals surface area contributed by atoms with Crippen LogP contribution in [0.25, 0.3) is 0 Å². The molecule has 0 saturated carbocycles. The maximum absolute atomic E-state index is 5.69. The first kappa shape index (κ1) is 9.05. The van der Waals surface area contributed by atoms with Gasteiger partial charge in [0.05, 0.1) is 6.10 Å². The summed E-state index contributed by atoms with van der Waals surface area (Å²) in [7, 11) is 0. The average Bonchev–Trinajstić information content (AvgIpc) is 2.03. The molecule has 2 atom stereocenters. The van der Waals surface area contributed by atoms with Gasteiger partial charge in [-0.2, -0.15) is 0 Å². The first-order chi connectivity index (χ1) is 5.34. The Morgan fingerprint density at radius 2 is 2.27 bits per heavy atom. The average molecular weight is 156 g/mol. The van der Waals surface area contributed by atoms with Gasteiger partial charge in [0.15, 0.2) is 0 Å². The van der Waals surface area contributed by atoms with E-state index in [1.807, 2.05) is 0 Å². The minimum atomic E-state index is 0.573. The Bertz CT molecular complexity index is 101. The quantitative estimate of drug-likeness (QED) is 0.610. The smallest absolute Gasteiger partial charge is 0.0600 e. The third-order valence-electron chi connectivity index (χ3n) is 2.61. The van der Waals surface area contributed by atoms with Crippen molar-refractivity contribution >= 4 is 0 Å². The summed E-state index contributed by atoms with van der Waals surface area (Å²) in [4.78, 5) is 0. The van der Waals surface area contributed by atoms with Crippen LogP contribution in [0.1, 0.15) is 46.0 Å². The molecule has 0 N–H and O–H groups in total. The topological polar surface area (TPSA) is 9.23 Å². The molecule has 0 aromatic heterocycles. The van der Waals surface area contributed by atoms with Gasteiger partial charge in [0.25, 0.3) is 0 Å². The molecule has 1 fully saturated rings. The second kappa shape index (κ2) is 4.76. The zero-order chi connectivity index (χ0) is 8.10. The number of unbranched alkanes of at least 4 members (excludes halogenated alkanes) is 1. The first-order valence-electron chi connectivity index (χ1n) is 4.96. The maximum atomic E-state index is 5.69. The molecule has 0 amide bonds. The molecule has 66 valence electrons. The van der Waals surface area contributed by atoms with Crippen LogP contribution in [0.2, 0.25) is 0 Å². The Morgan fingerprint density at radius 1 is 1.45 bits per heavy atom. The third kappa shape index (κ3) is 2.82. The molecule has 1 rings (SSSR count). The van der Waals surface area contributed by atoms with Gasteiger partial charge in [0.2, 0.25) is 0 Å². The van der Waals surface area contributed by atoms with Crippen molar-refractivity contribution in [2.24, 2.45) is 5.92 Å². The molecule has 0 aromatic carbocycles. The van der Waals surface area contributed by atoms with E-state index in [-0.39, 0.29) is 0 Å². The summed E-state index contributed by atoms with van der Waals surface area (Å²) in [6, 6.07) is 0. The highest BCUT2D eigenvalue weighted by Gasteiger charge is 2.20. The molecule has 1 nitrogen and oxygen atoms in total. The molecule has 0 bridgehead atoms. The van der Waals surface area contributed by atoms with E-state index in [0.29, 0.717) is 6.10 Å². The van der Waals surface area contributed by atoms with E-state index in [0.717, 1.165) is 12.5 Å². The van der Waals surface area contributed by atoms with Crippen molar-refractivity contribution in [3.63, 3.8) is 0 Å². The van der Waals surface area contributed by atoms with Crippen LogP contribution in [0, 0.1) is 5.92 Å². The van der Waals surface area contributed by atoms with Crippen molar-refractivity contribution in [3.05, 3.63) is 0 Å². The largest absolute Gasteiger partial charge is 0.378 e. The minimum absolute atomic E-state index is 0.573. The Balaban J connectivity index is 2.18. The molecular formula is C10H20O. The molecule has 0 aromatic rings. The second-order valence-corrected chi connectivity index (χ2v) is 3.67. The van der Waals surface area contributed by atoms with Gasteiger partial charge in [0, 0.05) is 6.61 Å². The number of ether oxygens (including phenoxy) is 1. The monoisotopic (exact) mass is 156 g/mol.